The second-order valence-electron chi connectivity index (χ2n) is 8.74. The van der Waals surface area contributed by atoms with Crippen molar-refractivity contribution < 1.29 is 0 Å². The Morgan fingerprint density at radius 2 is 1.90 bits per heavy atom. The van der Waals surface area contributed by atoms with Gasteiger partial charge >= 0.3 is 0 Å². The van der Waals surface area contributed by atoms with Crippen LogP contribution in [-0.4, -0.2) is 5.25 Å². The third kappa shape index (κ3) is 1.81. The normalized spacial score (nSPS) is 54.6. The van der Waals surface area contributed by atoms with Gasteiger partial charge in [0.1, 0.15) is 0 Å². The predicted octanol–water partition coefficient (Wildman–Crippen LogP) is 5.64. The minimum atomic E-state index is 0.534. The van der Waals surface area contributed by atoms with Crippen LogP contribution in [0.1, 0.15) is 71.6 Å². The zero-order valence-electron chi connectivity index (χ0n) is 13.2. The Balaban J connectivity index is 1.68. The van der Waals surface area contributed by atoms with Crippen LogP contribution in [0, 0.1) is 28.6 Å². The van der Waals surface area contributed by atoms with E-state index in [9.17, 15) is 0 Å². The van der Waals surface area contributed by atoms with Crippen LogP contribution in [-0.2, 0) is 0 Å². The maximum atomic E-state index is 4.77. The summed E-state index contributed by atoms with van der Waals surface area (Å²) in [5, 5.41) is 0.631. The fraction of sp³-hybridized carbons (Fsp3) is 0.895. The van der Waals surface area contributed by atoms with Crippen LogP contribution in [0.5, 0.6) is 0 Å². The summed E-state index contributed by atoms with van der Waals surface area (Å²) in [7, 11) is 0. The highest BCUT2D eigenvalue weighted by atomic mass is 32.1. The van der Waals surface area contributed by atoms with E-state index in [2.05, 4.69) is 19.9 Å². The number of fused-ring (bicyclic) bond motifs is 5. The highest BCUT2D eigenvalue weighted by molar-refractivity contribution is 7.80. The summed E-state index contributed by atoms with van der Waals surface area (Å²) in [6.45, 7) is 5.21. The third-order valence-corrected chi connectivity index (χ3v) is 8.30. The number of hydrogen-bond donors (Lipinski definition) is 1. The van der Waals surface area contributed by atoms with E-state index in [4.69, 9.17) is 12.6 Å². The number of thiol groups is 1. The van der Waals surface area contributed by atoms with Crippen LogP contribution >= 0.6 is 12.6 Å². The molecular weight excluding hydrogens is 260 g/mol. The van der Waals surface area contributed by atoms with Gasteiger partial charge in [-0.25, -0.2) is 0 Å². The monoisotopic (exact) mass is 290 g/mol. The maximum absolute atomic E-state index is 4.77. The molecule has 4 rings (SSSR count). The molecule has 4 aliphatic rings. The van der Waals surface area contributed by atoms with Crippen molar-refractivity contribution in [2.75, 3.05) is 0 Å². The van der Waals surface area contributed by atoms with Gasteiger partial charge in [0.05, 0.1) is 0 Å². The summed E-state index contributed by atoms with van der Waals surface area (Å²) >= 11 is 4.77. The molecule has 0 aromatic heterocycles. The van der Waals surface area contributed by atoms with Crippen molar-refractivity contribution in [2.45, 2.75) is 76.9 Å². The zero-order valence-corrected chi connectivity index (χ0v) is 14.1. The van der Waals surface area contributed by atoms with E-state index < -0.39 is 0 Å². The highest BCUT2D eigenvalue weighted by Crippen LogP contribution is 2.64. The lowest BCUT2D eigenvalue weighted by Gasteiger charge is -2.57. The van der Waals surface area contributed by atoms with E-state index >= 15 is 0 Å². The first kappa shape index (κ1) is 13.7. The van der Waals surface area contributed by atoms with Crippen LogP contribution in [0.15, 0.2) is 11.6 Å². The Morgan fingerprint density at radius 3 is 2.75 bits per heavy atom. The summed E-state index contributed by atoms with van der Waals surface area (Å²) in [6, 6.07) is 0. The Morgan fingerprint density at radius 1 is 1.05 bits per heavy atom. The van der Waals surface area contributed by atoms with Gasteiger partial charge in [0.25, 0.3) is 0 Å². The number of rotatable bonds is 0. The summed E-state index contributed by atoms with van der Waals surface area (Å²) in [4.78, 5) is 0. The van der Waals surface area contributed by atoms with Crippen LogP contribution in [0.3, 0.4) is 0 Å². The molecule has 0 saturated heterocycles. The molecule has 0 aromatic rings. The molecule has 0 aliphatic heterocycles. The molecule has 4 aliphatic carbocycles. The molecule has 0 unspecified atom stereocenters. The largest absolute Gasteiger partial charge is 0.176 e. The Kier molecular flexibility index (Phi) is 3.12. The summed E-state index contributed by atoms with van der Waals surface area (Å²) in [5.41, 5.74) is 3.02. The minimum Gasteiger partial charge on any atom is -0.176 e. The van der Waals surface area contributed by atoms with Crippen molar-refractivity contribution in [2.24, 2.45) is 28.6 Å². The van der Waals surface area contributed by atoms with Crippen LogP contribution in [0.25, 0.3) is 0 Å². The van der Waals surface area contributed by atoms with Crippen molar-refractivity contribution in [3.8, 4) is 0 Å². The molecule has 112 valence electrons. The van der Waals surface area contributed by atoms with Gasteiger partial charge < -0.3 is 0 Å². The first-order valence-electron chi connectivity index (χ1n) is 8.90. The molecule has 0 spiro atoms. The third-order valence-electron chi connectivity index (χ3n) is 7.86. The van der Waals surface area contributed by atoms with E-state index in [1.54, 1.807) is 5.57 Å². The quantitative estimate of drug-likeness (QED) is 0.433. The molecule has 0 radical (unpaired) electrons. The molecule has 6 atom stereocenters. The molecule has 0 heterocycles. The van der Waals surface area contributed by atoms with Crippen molar-refractivity contribution in [3.05, 3.63) is 11.6 Å². The molecule has 3 saturated carbocycles. The van der Waals surface area contributed by atoms with Gasteiger partial charge in [0, 0.05) is 5.25 Å². The van der Waals surface area contributed by atoms with Crippen molar-refractivity contribution >= 4 is 12.6 Å². The molecule has 0 amide bonds. The van der Waals surface area contributed by atoms with E-state index in [0.717, 1.165) is 17.8 Å². The van der Waals surface area contributed by atoms with E-state index in [0.29, 0.717) is 16.1 Å². The molecule has 0 nitrogen and oxygen atoms in total. The molecular formula is C19H30S. The smallest absolute Gasteiger partial charge is 0.00545 e. The van der Waals surface area contributed by atoms with Crippen molar-refractivity contribution in [1.29, 1.82) is 0 Å². The summed E-state index contributed by atoms with van der Waals surface area (Å²) in [6.07, 6.45) is 15.6. The van der Waals surface area contributed by atoms with Crippen LogP contribution in [0.2, 0.25) is 0 Å². The summed E-state index contributed by atoms with van der Waals surface area (Å²) in [5.74, 6) is 3.02. The lowest BCUT2D eigenvalue weighted by molar-refractivity contribution is -0.0244. The van der Waals surface area contributed by atoms with Gasteiger partial charge in [0.2, 0.25) is 0 Å². The average molecular weight is 291 g/mol. The lowest BCUT2D eigenvalue weighted by Crippen LogP contribution is -2.48. The Labute approximate surface area is 130 Å². The second-order valence-corrected chi connectivity index (χ2v) is 9.47. The van der Waals surface area contributed by atoms with Crippen LogP contribution in [0.4, 0.5) is 0 Å². The Bertz CT molecular complexity index is 439. The predicted molar refractivity (Wildman–Crippen MR) is 89.1 cm³/mol. The summed E-state index contributed by atoms with van der Waals surface area (Å²) < 4.78 is 0. The van der Waals surface area contributed by atoms with Gasteiger partial charge in [-0.15, -0.1) is 0 Å². The van der Waals surface area contributed by atoms with Gasteiger partial charge in [-0.05, 0) is 80.0 Å². The standard InChI is InChI=1S/C19H30S/c1-18-9-3-4-16(18)15-6-5-13-12-14(20)7-11-19(13,2)17(15)8-10-18/h5,14-17,20H,3-4,6-12H2,1-2H3/t14-,15+,16+,17+,18+,19+/m1/s1. The zero-order chi connectivity index (χ0) is 14.0. The van der Waals surface area contributed by atoms with E-state index in [1.807, 2.05) is 0 Å². The molecule has 20 heavy (non-hydrogen) atoms. The van der Waals surface area contributed by atoms with E-state index in [-0.39, 0.29) is 0 Å². The average Bonchev–Trinajstić information content (AvgIpc) is 2.81. The highest BCUT2D eigenvalue weighted by Gasteiger charge is 2.55. The van der Waals surface area contributed by atoms with Gasteiger partial charge in [-0.3, -0.25) is 0 Å². The lowest BCUT2D eigenvalue weighted by atomic mass is 9.48. The van der Waals surface area contributed by atoms with Gasteiger partial charge in [-0.2, -0.15) is 12.6 Å². The fourth-order valence-electron chi connectivity index (χ4n) is 6.63. The second kappa shape index (κ2) is 4.54. The molecule has 0 N–H and O–H groups in total. The Hall–Kier alpha value is 0.0900. The van der Waals surface area contributed by atoms with Crippen LogP contribution < -0.4 is 0 Å². The minimum absolute atomic E-state index is 0.534. The molecule has 0 aromatic carbocycles. The van der Waals surface area contributed by atoms with Crippen molar-refractivity contribution in [1.82, 2.24) is 0 Å². The first-order valence-corrected chi connectivity index (χ1v) is 9.42. The fourth-order valence-corrected chi connectivity index (χ4v) is 6.96. The van der Waals surface area contributed by atoms with Crippen molar-refractivity contribution in [3.63, 3.8) is 0 Å². The first-order chi connectivity index (χ1) is 9.53. The molecule has 3 fully saturated rings. The van der Waals surface area contributed by atoms with Gasteiger partial charge in [0.15, 0.2) is 0 Å². The number of allylic oxidation sites excluding steroid dienone is 2. The SMILES string of the molecule is C[C@@]12CCC[C@H]1[C@@H]1CC=C3C[C@H](S)CC[C@]3(C)[C@H]1CC2. The molecule has 0 bridgehead atoms. The maximum Gasteiger partial charge on any atom is 0.00545 e. The topological polar surface area (TPSA) is 0 Å². The molecule has 1 heteroatoms. The van der Waals surface area contributed by atoms with Gasteiger partial charge in [-0.1, -0.05) is 31.9 Å². The number of hydrogen-bond acceptors (Lipinski definition) is 1. The van der Waals surface area contributed by atoms with E-state index in [1.165, 1.54) is 57.8 Å².